The van der Waals surface area contributed by atoms with Crippen LogP contribution in [0.1, 0.15) is 64.6 Å². The van der Waals surface area contributed by atoms with Crippen molar-refractivity contribution in [2.75, 3.05) is 18.5 Å². The summed E-state index contributed by atoms with van der Waals surface area (Å²) in [6, 6.07) is 16.1. The summed E-state index contributed by atoms with van der Waals surface area (Å²) in [5, 5.41) is 15.6. The summed E-state index contributed by atoms with van der Waals surface area (Å²) in [5.41, 5.74) is -0.0842. The summed E-state index contributed by atoms with van der Waals surface area (Å²) in [7, 11) is 0. The zero-order valence-electron chi connectivity index (χ0n) is 21.7. The average molecular weight is 543 g/mol. The number of amides is 1. The lowest BCUT2D eigenvalue weighted by Crippen LogP contribution is -2.20. The van der Waals surface area contributed by atoms with E-state index in [2.05, 4.69) is 31.2 Å². The SMILES string of the molecule is CC(C)(C)c1ccc(/C=N/OCCCOc2ccc(C(=O)O)c(NC(=O)c3ccccc3C(F)(F)F)c2)cc1. The summed E-state index contributed by atoms with van der Waals surface area (Å²) in [6.07, 6.45) is -2.71. The highest BCUT2D eigenvalue weighted by molar-refractivity contribution is 6.08. The maximum atomic E-state index is 13.3. The predicted molar refractivity (Wildman–Crippen MR) is 142 cm³/mol. The molecule has 0 spiro atoms. The summed E-state index contributed by atoms with van der Waals surface area (Å²) in [5.74, 6) is -2.23. The second-order valence-electron chi connectivity index (χ2n) is 9.65. The van der Waals surface area contributed by atoms with E-state index in [4.69, 9.17) is 9.57 Å². The number of carbonyl (C=O) groups excluding carboxylic acids is 1. The highest BCUT2D eigenvalue weighted by Gasteiger charge is 2.35. The smallest absolute Gasteiger partial charge is 0.417 e. The molecule has 0 saturated heterocycles. The summed E-state index contributed by atoms with van der Waals surface area (Å²) < 4.78 is 45.5. The van der Waals surface area contributed by atoms with E-state index in [1.165, 1.54) is 29.8 Å². The number of oxime groups is 1. The normalized spacial score (nSPS) is 11.8. The van der Waals surface area contributed by atoms with Gasteiger partial charge < -0.3 is 20.0 Å². The summed E-state index contributed by atoms with van der Waals surface area (Å²) in [4.78, 5) is 29.5. The van der Waals surface area contributed by atoms with Crippen LogP contribution in [0, 0.1) is 0 Å². The van der Waals surface area contributed by atoms with Gasteiger partial charge in [0.2, 0.25) is 0 Å². The van der Waals surface area contributed by atoms with Gasteiger partial charge in [0.15, 0.2) is 0 Å². The van der Waals surface area contributed by atoms with Crippen LogP contribution < -0.4 is 10.1 Å². The molecule has 7 nitrogen and oxygen atoms in total. The van der Waals surface area contributed by atoms with Crippen molar-refractivity contribution < 1.29 is 37.4 Å². The fourth-order valence-electron chi connectivity index (χ4n) is 3.55. The molecule has 0 atom stereocenters. The van der Waals surface area contributed by atoms with E-state index in [1.807, 2.05) is 24.3 Å². The van der Waals surface area contributed by atoms with Gasteiger partial charge in [-0.25, -0.2) is 4.79 Å². The van der Waals surface area contributed by atoms with Crippen molar-refractivity contribution in [3.05, 3.63) is 94.5 Å². The first kappa shape index (κ1) is 29.2. The van der Waals surface area contributed by atoms with E-state index in [-0.39, 0.29) is 35.6 Å². The molecule has 0 radical (unpaired) electrons. The number of nitrogens with zero attached hydrogens (tertiary/aromatic N) is 1. The Balaban J connectivity index is 1.56. The first-order valence-corrected chi connectivity index (χ1v) is 12.1. The van der Waals surface area contributed by atoms with Gasteiger partial charge in [-0.05, 0) is 40.8 Å². The van der Waals surface area contributed by atoms with Gasteiger partial charge in [0.05, 0.1) is 35.2 Å². The molecule has 0 aliphatic heterocycles. The molecule has 0 aliphatic carbocycles. The minimum absolute atomic E-state index is 0.0605. The Labute approximate surface area is 224 Å². The Morgan fingerprint density at radius 2 is 1.64 bits per heavy atom. The molecule has 0 unspecified atom stereocenters. The van der Waals surface area contributed by atoms with Crippen LogP contribution >= 0.6 is 0 Å². The number of anilines is 1. The maximum Gasteiger partial charge on any atom is 0.417 e. The molecule has 3 rings (SSSR count). The summed E-state index contributed by atoms with van der Waals surface area (Å²) >= 11 is 0. The molecule has 0 bridgehead atoms. The lowest BCUT2D eigenvalue weighted by Gasteiger charge is -2.18. The van der Waals surface area contributed by atoms with Crippen LogP contribution in [0.25, 0.3) is 0 Å². The minimum atomic E-state index is -4.75. The number of carboxylic acids is 1. The molecule has 3 aromatic carbocycles. The third-order valence-electron chi connectivity index (χ3n) is 5.65. The molecule has 0 aliphatic rings. The number of nitrogens with one attached hydrogen (secondary N) is 1. The van der Waals surface area contributed by atoms with Gasteiger partial charge in [-0.2, -0.15) is 13.2 Å². The Morgan fingerprint density at radius 3 is 2.28 bits per heavy atom. The minimum Gasteiger partial charge on any atom is -0.493 e. The lowest BCUT2D eigenvalue weighted by atomic mass is 9.87. The van der Waals surface area contributed by atoms with E-state index in [9.17, 15) is 27.9 Å². The quantitative estimate of drug-likeness (QED) is 0.167. The number of halogens is 3. The van der Waals surface area contributed by atoms with Crippen molar-refractivity contribution in [1.82, 2.24) is 0 Å². The van der Waals surface area contributed by atoms with Gasteiger partial charge in [0, 0.05) is 12.5 Å². The van der Waals surface area contributed by atoms with Crippen molar-refractivity contribution in [2.24, 2.45) is 5.16 Å². The third-order valence-corrected chi connectivity index (χ3v) is 5.65. The second kappa shape index (κ2) is 12.5. The van der Waals surface area contributed by atoms with Crippen LogP contribution in [0.4, 0.5) is 18.9 Å². The molecule has 39 heavy (non-hydrogen) atoms. The number of rotatable bonds is 10. The molecular formula is C29H29F3N2O5. The van der Waals surface area contributed by atoms with Crippen molar-refractivity contribution >= 4 is 23.8 Å². The number of aromatic carboxylic acids is 1. The summed E-state index contributed by atoms with van der Waals surface area (Å²) in [6.45, 7) is 6.84. The van der Waals surface area contributed by atoms with Crippen LogP contribution in [0.2, 0.25) is 0 Å². The van der Waals surface area contributed by atoms with Crippen LogP contribution in [-0.2, 0) is 16.4 Å². The second-order valence-corrected chi connectivity index (χ2v) is 9.65. The number of alkyl halides is 3. The number of carboxylic acid groups (broad SMARTS) is 1. The number of hydrogen-bond donors (Lipinski definition) is 2. The fourth-order valence-corrected chi connectivity index (χ4v) is 3.55. The van der Waals surface area contributed by atoms with Gasteiger partial charge in [0.1, 0.15) is 12.4 Å². The number of benzene rings is 3. The van der Waals surface area contributed by atoms with Crippen LogP contribution in [-0.4, -0.2) is 36.4 Å². The molecule has 0 heterocycles. The molecule has 3 aromatic rings. The third kappa shape index (κ3) is 8.33. The van der Waals surface area contributed by atoms with Gasteiger partial charge in [-0.3, -0.25) is 4.79 Å². The molecular weight excluding hydrogens is 513 g/mol. The van der Waals surface area contributed by atoms with Gasteiger partial charge in [0.25, 0.3) is 5.91 Å². The predicted octanol–water partition coefficient (Wildman–Crippen LogP) is 6.77. The van der Waals surface area contributed by atoms with Crippen molar-refractivity contribution in [3.63, 3.8) is 0 Å². The molecule has 0 fully saturated rings. The molecule has 0 aromatic heterocycles. The number of ether oxygens (including phenoxy) is 1. The number of carbonyl (C=O) groups is 2. The van der Waals surface area contributed by atoms with Crippen LogP contribution in [0.15, 0.2) is 71.9 Å². The van der Waals surface area contributed by atoms with Gasteiger partial charge in [-0.15, -0.1) is 0 Å². The van der Waals surface area contributed by atoms with E-state index < -0.39 is 29.2 Å². The monoisotopic (exact) mass is 542 g/mol. The molecule has 1 amide bonds. The first-order chi connectivity index (χ1) is 18.4. The fraction of sp³-hybridized carbons (Fsp3) is 0.276. The van der Waals surface area contributed by atoms with E-state index >= 15 is 0 Å². The average Bonchev–Trinajstić information content (AvgIpc) is 2.87. The van der Waals surface area contributed by atoms with Crippen molar-refractivity contribution in [3.8, 4) is 5.75 Å². The molecule has 10 heteroatoms. The van der Waals surface area contributed by atoms with E-state index in [0.717, 1.165) is 23.8 Å². The van der Waals surface area contributed by atoms with Crippen molar-refractivity contribution in [1.29, 1.82) is 0 Å². The van der Waals surface area contributed by atoms with Gasteiger partial charge in [-0.1, -0.05) is 62.3 Å². The Morgan fingerprint density at radius 1 is 0.949 bits per heavy atom. The zero-order valence-corrected chi connectivity index (χ0v) is 21.7. The Hall–Kier alpha value is -4.34. The Kier molecular flexibility index (Phi) is 9.34. The zero-order chi connectivity index (χ0) is 28.6. The molecule has 2 N–H and O–H groups in total. The molecule has 0 saturated carbocycles. The topological polar surface area (TPSA) is 97.2 Å². The Bertz CT molecular complexity index is 1330. The number of hydrogen-bond acceptors (Lipinski definition) is 5. The highest BCUT2D eigenvalue weighted by Crippen LogP contribution is 2.32. The van der Waals surface area contributed by atoms with Crippen LogP contribution in [0.5, 0.6) is 5.75 Å². The lowest BCUT2D eigenvalue weighted by molar-refractivity contribution is -0.137. The maximum absolute atomic E-state index is 13.3. The standard InChI is InChI=1S/C29H29F3N2O5/c1-28(2,3)20-11-9-19(10-12-20)18-33-39-16-6-15-38-21-13-14-23(27(36)37)25(17-21)34-26(35)22-7-4-5-8-24(22)29(30,31)32/h4-5,7-14,17-18H,6,15-16H2,1-3H3,(H,34,35)(H,36,37)/b33-18+. The largest absolute Gasteiger partial charge is 0.493 e. The van der Waals surface area contributed by atoms with Crippen molar-refractivity contribution in [2.45, 2.75) is 38.8 Å². The van der Waals surface area contributed by atoms with Gasteiger partial charge >= 0.3 is 12.1 Å². The van der Waals surface area contributed by atoms with E-state index in [0.29, 0.717) is 6.42 Å². The molecule has 206 valence electrons. The highest BCUT2D eigenvalue weighted by atomic mass is 19.4. The van der Waals surface area contributed by atoms with E-state index in [1.54, 1.807) is 6.21 Å². The first-order valence-electron chi connectivity index (χ1n) is 12.1. The van der Waals surface area contributed by atoms with Crippen LogP contribution in [0.3, 0.4) is 0 Å².